The zero-order chi connectivity index (χ0) is 15.7. The van der Waals surface area contributed by atoms with Gasteiger partial charge in [0.2, 0.25) is 0 Å². The van der Waals surface area contributed by atoms with Gasteiger partial charge in [-0.2, -0.15) is 11.8 Å². The second-order valence-corrected chi connectivity index (χ2v) is 6.39. The van der Waals surface area contributed by atoms with E-state index < -0.39 is 0 Å². The number of thioether (sulfide) groups is 1. The van der Waals surface area contributed by atoms with Crippen LogP contribution in [-0.4, -0.2) is 31.3 Å². The maximum Gasteiger partial charge on any atom is 0.161 e. The summed E-state index contributed by atoms with van der Waals surface area (Å²) in [5.41, 5.74) is 1.22. The number of methoxy groups -OCH3 is 1. The molecule has 0 radical (unpaired) electrons. The Morgan fingerprint density at radius 3 is 2.38 bits per heavy atom. The third-order valence-corrected chi connectivity index (χ3v) is 5.61. The molecule has 0 heterocycles. The number of rotatable bonds is 10. The van der Waals surface area contributed by atoms with E-state index in [0.29, 0.717) is 11.4 Å². The van der Waals surface area contributed by atoms with E-state index in [2.05, 4.69) is 37.6 Å². The third kappa shape index (κ3) is 5.11. The van der Waals surface area contributed by atoms with E-state index in [-0.39, 0.29) is 0 Å². The van der Waals surface area contributed by atoms with Gasteiger partial charge in [0, 0.05) is 17.8 Å². The Bertz CT molecular complexity index is 411. The van der Waals surface area contributed by atoms with Crippen LogP contribution in [0.5, 0.6) is 11.5 Å². The molecule has 0 aliphatic rings. The van der Waals surface area contributed by atoms with Gasteiger partial charge in [-0.3, -0.25) is 0 Å². The van der Waals surface area contributed by atoms with E-state index in [1.807, 2.05) is 24.8 Å². The fraction of sp³-hybridized carbons (Fsp3) is 0.647. The highest BCUT2D eigenvalue weighted by molar-refractivity contribution is 8.00. The first-order valence-electron chi connectivity index (χ1n) is 7.70. The minimum Gasteiger partial charge on any atom is -0.493 e. The van der Waals surface area contributed by atoms with Gasteiger partial charge in [0.15, 0.2) is 11.5 Å². The van der Waals surface area contributed by atoms with Gasteiger partial charge in [-0.1, -0.05) is 19.9 Å². The SMILES string of the molecule is CCOc1ccc(CNCC(CC)(CC)SC)cc1OC. The van der Waals surface area contributed by atoms with E-state index in [0.717, 1.165) is 24.6 Å². The van der Waals surface area contributed by atoms with Crippen molar-refractivity contribution < 1.29 is 9.47 Å². The Balaban J connectivity index is 2.63. The van der Waals surface area contributed by atoms with Crippen molar-refractivity contribution in [3.63, 3.8) is 0 Å². The van der Waals surface area contributed by atoms with Crippen molar-refractivity contribution in [3.8, 4) is 11.5 Å². The number of nitrogens with one attached hydrogen (secondary N) is 1. The molecule has 0 saturated heterocycles. The topological polar surface area (TPSA) is 30.5 Å². The monoisotopic (exact) mass is 311 g/mol. The Kier molecular flexibility index (Phi) is 7.97. The van der Waals surface area contributed by atoms with Crippen molar-refractivity contribution in [2.24, 2.45) is 0 Å². The molecule has 0 aromatic heterocycles. The van der Waals surface area contributed by atoms with Gasteiger partial charge in [-0.05, 0) is 43.7 Å². The van der Waals surface area contributed by atoms with Crippen LogP contribution in [0.3, 0.4) is 0 Å². The lowest BCUT2D eigenvalue weighted by Gasteiger charge is -2.30. The molecule has 0 aliphatic heterocycles. The number of hydrogen-bond donors (Lipinski definition) is 1. The Morgan fingerprint density at radius 2 is 1.86 bits per heavy atom. The quantitative estimate of drug-likeness (QED) is 0.704. The van der Waals surface area contributed by atoms with Gasteiger partial charge < -0.3 is 14.8 Å². The fourth-order valence-corrected chi connectivity index (χ4v) is 3.22. The van der Waals surface area contributed by atoms with Crippen LogP contribution < -0.4 is 14.8 Å². The van der Waals surface area contributed by atoms with Gasteiger partial charge in [0.25, 0.3) is 0 Å². The summed E-state index contributed by atoms with van der Waals surface area (Å²) in [7, 11) is 1.68. The Morgan fingerprint density at radius 1 is 1.14 bits per heavy atom. The average Bonchev–Trinajstić information content (AvgIpc) is 2.53. The summed E-state index contributed by atoms with van der Waals surface area (Å²) in [6.07, 6.45) is 4.57. The summed E-state index contributed by atoms with van der Waals surface area (Å²) in [4.78, 5) is 0. The minimum absolute atomic E-state index is 0.343. The van der Waals surface area contributed by atoms with E-state index >= 15 is 0 Å². The second-order valence-electron chi connectivity index (χ2n) is 5.12. The maximum absolute atomic E-state index is 5.55. The van der Waals surface area contributed by atoms with E-state index in [9.17, 15) is 0 Å². The molecule has 0 bridgehead atoms. The first-order chi connectivity index (χ1) is 10.1. The Hall–Kier alpha value is -0.870. The highest BCUT2D eigenvalue weighted by Crippen LogP contribution is 2.30. The molecule has 0 unspecified atom stereocenters. The van der Waals surface area contributed by atoms with Crippen LogP contribution in [-0.2, 0) is 6.54 Å². The lowest BCUT2D eigenvalue weighted by atomic mass is 10.0. The van der Waals surface area contributed by atoms with Crippen LogP contribution in [0.15, 0.2) is 18.2 Å². The predicted octanol–water partition coefficient (Wildman–Crippen LogP) is 4.11. The molecular formula is C17H29NO2S. The molecule has 1 rings (SSSR count). The lowest BCUT2D eigenvalue weighted by Crippen LogP contribution is -2.36. The molecule has 1 aromatic carbocycles. The van der Waals surface area contributed by atoms with E-state index in [1.165, 1.54) is 18.4 Å². The molecule has 1 N–H and O–H groups in total. The maximum atomic E-state index is 5.55. The zero-order valence-electron chi connectivity index (χ0n) is 14.0. The van der Waals surface area contributed by atoms with Crippen LogP contribution in [0.2, 0.25) is 0 Å². The minimum atomic E-state index is 0.343. The van der Waals surface area contributed by atoms with Crippen molar-refractivity contribution in [2.75, 3.05) is 26.5 Å². The molecule has 0 amide bonds. The summed E-state index contributed by atoms with van der Waals surface area (Å²) in [6, 6.07) is 6.14. The highest BCUT2D eigenvalue weighted by Gasteiger charge is 2.23. The largest absolute Gasteiger partial charge is 0.493 e. The van der Waals surface area contributed by atoms with Crippen LogP contribution in [0, 0.1) is 0 Å². The van der Waals surface area contributed by atoms with E-state index in [4.69, 9.17) is 9.47 Å². The van der Waals surface area contributed by atoms with Crippen LogP contribution >= 0.6 is 11.8 Å². The second kappa shape index (κ2) is 9.21. The third-order valence-electron chi connectivity index (χ3n) is 4.03. The van der Waals surface area contributed by atoms with Gasteiger partial charge >= 0.3 is 0 Å². The van der Waals surface area contributed by atoms with Crippen molar-refractivity contribution in [3.05, 3.63) is 23.8 Å². The molecular weight excluding hydrogens is 282 g/mol. The summed E-state index contributed by atoms with van der Waals surface area (Å²) in [6.45, 7) is 9.04. The summed E-state index contributed by atoms with van der Waals surface area (Å²) in [5, 5.41) is 3.58. The van der Waals surface area contributed by atoms with E-state index in [1.54, 1.807) is 7.11 Å². The van der Waals surface area contributed by atoms with Gasteiger partial charge in [0.05, 0.1) is 13.7 Å². The molecule has 4 heteroatoms. The number of hydrogen-bond acceptors (Lipinski definition) is 4. The predicted molar refractivity (Wildman–Crippen MR) is 92.7 cm³/mol. The fourth-order valence-electron chi connectivity index (χ4n) is 2.39. The van der Waals surface area contributed by atoms with Crippen LogP contribution in [0.4, 0.5) is 0 Å². The highest BCUT2D eigenvalue weighted by atomic mass is 32.2. The van der Waals surface area contributed by atoms with Crippen molar-refractivity contribution >= 4 is 11.8 Å². The number of benzene rings is 1. The molecule has 21 heavy (non-hydrogen) atoms. The lowest BCUT2D eigenvalue weighted by molar-refractivity contribution is 0.310. The molecule has 0 spiro atoms. The molecule has 3 nitrogen and oxygen atoms in total. The standard InChI is InChI=1S/C17H29NO2S/c1-6-17(7-2,21-5)13-18-12-14-9-10-15(20-8-3)16(11-14)19-4/h9-11,18H,6-8,12-13H2,1-5H3. The summed E-state index contributed by atoms with van der Waals surface area (Å²) >= 11 is 1.96. The molecule has 1 aromatic rings. The van der Waals surface area contributed by atoms with Crippen molar-refractivity contribution in [1.29, 1.82) is 0 Å². The van der Waals surface area contributed by atoms with Gasteiger partial charge in [0.1, 0.15) is 0 Å². The molecule has 0 aliphatic carbocycles. The van der Waals surface area contributed by atoms with Crippen molar-refractivity contribution in [1.82, 2.24) is 5.32 Å². The first kappa shape index (κ1) is 18.2. The smallest absolute Gasteiger partial charge is 0.161 e. The molecule has 0 atom stereocenters. The van der Waals surface area contributed by atoms with Crippen LogP contribution in [0.1, 0.15) is 39.2 Å². The molecule has 120 valence electrons. The van der Waals surface area contributed by atoms with Gasteiger partial charge in [-0.15, -0.1) is 0 Å². The average molecular weight is 311 g/mol. The zero-order valence-corrected chi connectivity index (χ0v) is 14.8. The van der Waals surface area contributed by atoms with Gasteiger partial charge in [-0.25, -0.2) is 0 Å². The molecule has 0 fully saturated rings. The first-order valence-corrected chi connectivity index (χ1v) is 8.92. The Labute approximate surface area is 133 Å². The normalized spacial score (nSPS) is 11.5. The van der Waals surface area contributed by atoms with Crippen molar-refractivity contribution in [2.45, 2.75) is 44.9 Å². The van der Waals surface area contributed by atoms with Crippen LogP contribution in [0.25, 0.3) is 0 Å². The number of ether oxygens (including phenoxy) is 2. The molecule has 0 saturated carbocycles. The summed E-state index contributed by atoms with van der Waals surface area (Å²) in [5.74, 6) is 1.61. The summed E-state index contributed by atoms with van der Waals surface area (Å²) < 4.78 is 11.3.